The van der Waals surface area contributed by atoms with Crippen LogP contribution in [0.5, 0.6) is 0 Å². The zero-order chi connectivity index (χ0) is 16.9. The molecule has 0 saturated carbocycles. The summed E-state index contributed by atoms with van der Waals surface area (Å²) in [5.41, 5.74) is 2.61. The number of urea groups is 1. The van der Waals surface area contributed by atoms with Gasteiger partial charge in [-0.1, -0.05) is 12.1 Å². The maximum absolute atomic E-state index is 12.2. The summed E-state index contributed by atoms with van der Waals surface area (Å²) in [4.78, 5) is 28.5. The number of rotatable bonds is 3. The molecule has 6 nitrogen and oxygen atoms in total. The van der Waals surface area contributed by atoms with Gasteiger partial charge in [-0.15, -0.1) is 11.3 Å². The van der Waals surface area contributed by atoms with Crippen molar-refractivity contribution < 1.29 is 9.59 Å². The third kappa shape index (κ3) is 4.11. The van der Waals surface area contributed by atoms with Crippen LogP contribution in [0.25, 0.3) is 10.6 Å². The highest BCUT2D eigenvalue weighted by atomic mass is 32.1. The molecule has 0 aliphatic carbocycles. The van der Waals surface area contributed by atoms with Gasteiger partial charge in [0.2, 0.25) is 5.91 Å². The van der Waals surface area contributed by atoms with Gasteiger partial charge >= 0.3 is 6.03 Å². The minimum atomic E-state index is -0.475. The number of thiazole rings is 1. The van der Waals surface area contributed by atoms with Crippen LogP contribution in [0.2, 0.25) is 0 Å². The van der Waals surface area contributed by atoms with Gasteiger partial charge in [0.25, 0.3) is 0 Å². The van der Waals surface area contributed by atoms with Gasteiger partial charge in [-0.3, -0.25) is 4.79 Å². The lowest BCUT2D eigenvalue weighted by Gasteiger charge is -2.16. The van der Waals surface area contributed by atoms with E-state index in [4.69, 9.17) is 0 Å². The van der Waals surface area contributed by atoms with Gasteiger partial charge in [-0.25, -0.2) is 9.78 Å². The van der Waals surface area contributed by atoms with Crippen LogP contribution in [0.3, 0.4) is 0 Å². The SMILES string of the molecule is Cc1csc(-c2cccc(NC(=O)N[C@@H]3CCCCNC3=O)c2)n1. The van der Waals surface area contributed by atoms with Gasteiger partial charge < -0.3 is 16.0 Å². The largest absolute Gasteiger partial charge is 0.354 e. The molecule has 126 valence electrons. The number of hydrogen-bond acceptors (Lipinski definition) is 4. The fourth-order valence-corrected chi connectivity index (χ4v) is 3.41. The second-order valence-electron chi connectivity index (χ2n) is 5.81. The van der Waals surface area contributed by atoms with Crippen molar-refractivity contribution in [3.8, 4) is 10.6 Å². The Bertz CT molecular complexity index is 744. The Balaban J connectivity index is 1.65. The Kier molecular flexibility index (Phi) is 5.10. The summed E-state index contributed by atoms with van der Waals surface area (Å²) in [6, 6.07) is 6.68. The molecule has 1 atom stereocenters. The topological polar surface area (TPSA) is 83.1 Å². The number of aryl methyl sites for hydroxylation is 1. The maximum Gasteiger partial charge on any atom is 0.319 e. The standard InChI is InChI=1S/C17H20N4O2S/c1-11-10-24-16(19-11)12-5-4-6-13(9-12)20-17(23)21-14-7-2-3-8-18-15(14)22/h4-6,9-10,14H,2-3,7-8H2,1H3,(H,18,22)(H2,20,21,23)/t14-/m1/s1. The molecule has 1 aliphatic rings. The molecule has 0 spiro atoms. The minimum absolute atomic E-state index is 0.116. The van der Waals surface area contributed by atoms with Crippen LogP contribution in [0.15, 0.2) is 29.6 Å². The van der Waals surface area contributed by atoms with Crippen molar-refractivity contribution in [3.63, 3.8) is 0 Å². The number of hydrogen-bond donors (Lipinski definition) is 3. The first-order valence-corrected chi connectivity index (χ1v) is 8.87. The molecule has 1 aromatic heterocycles. The Labute approximate surface area is 144 Å². The number of aromatic nitrogens is 1. The predicted octanol–water partition coefficient (Wildman–Crippen LogP) is 2.91. The predicted molar refractivity (Wildman–Crippen MR) is 95.1 cm³/mol. The number of benzene rings is 1. The highest BCUT2D eigenvalue weighted by molar-refractivity contribution is 7.13. The maximum atomic E-state index is 12.2. The normalized spacial score (nSPS) is 17.7. The molecule has 3 N–H and O–H groups in total. The molecule has 3 rings (SSSR count). The average molecular weight is 344 g/mol. The van der Waals surface area contributed by atoms with E-state index >= 15 is 0 Å². The van der Waals surface area contributed by atoms with Crippen LogP contribution in [0.4, 0.5) is 10.5 Å². The molecule has 1 aliphatic heterocycles. The van der Waals surface area contributed by atoms with Crippen LogP contribution in [-0.4, -0.2) is 29.5 Å². The van der Waals surface area contributed by atoms with Crippen molar-refractivity contribution in [1.29, 1.82) is 0 Å². The summed E-state index contributed by atoms with van der Waals surface area (Å²) in [5, 5.41) is 11.3. The van der Waals surface area contributed by atoms with Gasteiger partial charge in [0.05, 0.1) is 0 Å². The molecule has 2 heterocycles. The summed E-state index contributed by atoms with van der Waals surface area (Å²) in [6.07, 6.45) is 2.53. The van der Waals surface area contributed by atoms with E-state index < -0.39 is 6.04 Å². The number of carbonyl (C=O) groups excluding carboxylic acids is 2. The molecule has 7 heteroatoms. The van der Waals surface area contributed by atoms with Crippen LogP contribution in [0.1, 0.15) is 25.0 Å². The summed E-state index contributed by atoms with van der Waals surface area (Å²) in [6.45, 7) is 2.63. The van der Waals surface area contributed by atoms with E-state index in [0.717, 1.165) is 29.1 Å². The number of nitrogens with one attached hydrogen (secondary N) is 3. The van der Waals surface area contributed by atoms with E-state index in [1.54, 1.807) is 11.3 Å². The number of carbonyl (C=O) groups is 2. The zero-order valence-corrected chi connectivity index (χ0v) is 14.3. The highest BCUT2D eigenvalue weighted by Crippen LogP contribution is 2.25. The third-order valence-electron chi connectivity index (χ3n) is 3.83. The first-order valence-electron chi connectivity index (χ1n) is 7.99. The molecular formula is C17H20N4O2S. The fourth-order valence-electron chi connectivity index (χ4n) is 2.62. The molecule has 1 fully saturated rings. The van der Waals surface area contributed by atoms with Gasteiger partial charge in [0, 0.05) is 28.9 Å². The van der Waals surface area contributed by atoms with Crippen molar-refractivity contribution in [2.24, 2.45) is 0 Å². The molecule has 2 aromatic rings. The molecule has 24 heavy (non-hydrogen) atoms. The smallest absolute Gasteiger partial charge is 0.319 e. The minimum Gasteiger partial charge on any atom is -0.354 e. The summed E-state index contributed by atoms with van der Waals surface area (Å²) in [7, 11) is 0. The molecule has 3 amide bonds. The van der Waals surface area contributed by atoms with Gasteiger partial charge in [0.15, 0.2) is 0 Å². The summed E-state index contributed by atoms with van der Waals surface area (Å²) >= 11 is 1.57. The molecule has 0 unspecified atom stereocenters. The van der Waals surface area contributed by atoms with Gasteiger partial charge in [-0.2, -0.15) is 0 Å². The van der Waals surface area contributed by atoms with E-state index in [1.807, 2.05) is 36.6 Å². The van der Waals surface area contributed by atoms with Crippen molar-refractivity contribution in [2.75, 3.05) is 11.9 Å². The number of anilines is 1. The molecule has 1 saturated heterocycles. The van der Waals surface area contributed by atoms with Gasteiger partial charge in [0.1, 0.15) is 11.0 Å². The zero-order valence-electron chi connectivity index (χ0n) is 13.5. The lowest BCUT2D eigenvalue weighted by atomic mass is 10.1. The van der Waals surface area contributed by atoms with E-state index in [0.29, 0.717) is 18.7 Å². The fraction of sp³-hybridized carbons (Fsp3) is 0.353. The first kappa shape index (κ1) is 16.4. The van der Waals surface area contributed by atoms with Crippen LogP contribution < -0.4 is 16.0 Å². The van der Waals surface area contributed by atoms with Gasteiger partial charge in [-0.05, 0) is 38.3 Å². The van der Waals surface area contributed by atoms with E-state index in [1.165, 1.54) is 0 Å². The Morgan fingerprint density at radius 3 is 3.04 bits per heavy atom. The Hall–Kier alpha value is -2.41. The van der Waals surface area contributed by atoms with Crippen LogP contribution in [-0.2, 0) is 4.79 Å². The summed E-state index contributed by atoms with van der Waals surface area (Å²) in [5.74, 6) is -0.116. The van der Waals surface area contributed by atoms with E-state index in [-0.39, 0.29) is 11.9 Å². The lowest BCUT2D eigenvalue weighted by molar-refractivity contribution is -0.122. The Morgan fingerprint density at radius 1 is 1.38 bits per heavy atom. The van der Waals surface area contributed by atoms with Crippen molar-refractivity contribution in [3.05, 3.63) is 35.3 Å². The van der Waals surface area contributed by atoms with Crippen molar-refractivity contribution in [1.82, 2.24) is 15.6 Å². The van der Waals surface area contributed by atoms with E-state index in [2.05, 4.69) is 20.9 Å². The van der Waals surface area contributed by atoms with E-state index in [9.17, 15) is 9.59 Å². The quantitative estimate of drug-likeness (QED) is 0.800. The number of nitrogens with zero attached hydrogens (tertiary/aromatic N) is 1. The second-order valence-corrected chi connectivity index (χ2v) is 6.67. The molecular weight excluding hydrogens is 324 g/mol. The lowest BCUT2D eigenvalue weighted by Crippen LogP contribution is -2.47. The molecule has 0 radical (unpaired) electrons. The molecule has 1 aromatic carbocycles. The van der Waals surface area contributed by atoms with Crippen LogP contribution >= 0.6 is 11.3 Å². The Morgan fingerprint density at radius 2 is 2.25 bits per heavy atom. The third-order valence-corrected chi connectivity index (χ3v) is 4.84. The summed E-state index contributed by atoms with van der Waals surface area (Å²) < 4.78 is 0. The monoisotopic (exact) mass is 344 g/mol. The highest BCUT2D eigenvalue weighted by Gasteiger charge is 2.22. The number of amides is 3. The van der Waals surface area contributed by atoms with Crippen molar-refractivity contribution in [2.45, 2.75) is 32.2 Å². The van der Waals surface area contributed by atoms with Crippen molar-refractivity contribution >= 4 is 29.0 Å². The molecule has 0 bridgehead atoms. The second kappa shape index (κ2) is 7.44. The van der Waals surface area contributed by atoms with Crippen LogP contribution in [0, 0.1) is 6.92 Å². The first-order chi connectivity index (χ1) is 11.6. The average Bonchev–Trinajstić information content (AvgIpc) is 2.90.